The molecule has 1 atom stereocenters. The summed E-state index contributed by atoms with van der Waals surface area (Å²) >= 11 is 0. The van der Waals surface area contributed by atoms with Gasteiger partial charge in [-0.05, 0) is 24.6 Å². The number of rotatable bonds is 5. The molecular weight excluding hydrogens is 368 g/mol. The van der Waals surface area contributed by atoms with Gasteiger partial charge in [-0.1, -0.05) is 6.07 Å². The Morgan fingerprint density at radius 2 is 1.89 bits per heavy atom. The maximum absolute atomic E-state index is 12.2. The molecule has 2 aromatic rings. The SMILES string of the molecule is CC(c1cccnc1)N1CCN(c2ccc([N+](=O)[O-])cc2S(C)(=O)=O)CC1. The van der Waals surface area contributed by atoms with Gasteiger partial charge in [0, 0.05) is 63.0 Å². The van der Waals surface area contributed by atoms with E-state index in [1.165, 1.54) is 12.1 Å². The van der Waals surface area contributed by atoms with Crippen LogP contribution in [0, 0.1) is 10.1 Å². The molecule has 1 aromatic carbocycles. The smallest absolute Gasteiger partial charge is 0.270 e. The summed E-state index contributed by atoms with van der Waals surface area (Å²) in [5.41, 5.74) is 1.44. The van der Waals surface area contributed by atoms with Gasteiger partial charge < -0.3 is 4.90 Å². The van der Waals surface area contributed by atoms with Crippen LogP contribution in [0.25, 0.3) is 0 Å². The van der Waals surface area contributed by atoms with Gasteiger partial charge in [-0.25, -0.2) is 8.42 Å². The first kappa shape index (κ1) is 19.2. The van der Waals surface area contributed by atoms with Crippen LogP contribution < -0.4 is 4.90 Å². The summed E-state index contributed by atoms with van der Waals surface area (Å²) in [5, 5.41) is 11.0. The number of nitro benzene ring substituents is 1. The Morgan fingerprint density at radius 1 is 1.19 bits per heavy atom. The first-order valence-corrected chi connectivity index (χ1v) is 10.5. The predicted molar refractivity (Wildman–Crippen MR) is 103 cm³/mol. The highest BCUT2D eigenvalue weighted by atomic mass is 32.2. The second-order valence-electron chi connectivity index (χ2n) is 6.67. The second kappa shape index (κ2) is 7.61. The van der Waals surface area contributed by atoms with Crippen LogP contribution in [0.4, 0.5) is 11.4 Å². The number of benzene rings is 1. The topological polar surface area (TPSA) is 96.7 Å². The molecule has 0 amide bonds. The van der Waals surface area contributed by atoms with Crippen molar-refractivity contribution in [3.8, 4) is 0 Å². The Hall–Kier alpha value is -2.52. The average molecular weight is 390 g/mol. The van der Waals surface area contributed by atoms with Crippen LogP contribution in [0.5, 0.6) is 0 Å². The lowest BCUT2D eigenvalue weighted by Crippen LogP contribution is -2.47. The van der Waals surface area contributed by atoms with Crippen molar-refractivity contribution < 1.29 is 13.3 Å². The lowest BCUT2D eigenvalue weighted by Gasteiger charge is -2.39. The maximum atomic E-state index is 12.2. The minimum atomic E-state index is -3.58. The number of anilines is 1. The highest BCUT2D eigenvalue weighted by molar-refractivity contribution is 7.90. The molecule has 0 saturated carbocycles. The molecule has 0 N–H and O–H groups in total. The van der Waals surface area contributed by atoms with Crippen molar-refractivity contribution >= 4 is 21.2 Å². The molecule has 0 bridgehead atoms. The molecule has 1 aliphatic rings. The highest BCUT2D eigenvalue weighted by Gasteiger charge is 2.26. The summed E-state index contributed by atoms with van der Waals surface area (Å²) in [7, 11) is -3.58. The molecule has 144 valence electrons. The van der Waals surface area contributed by atoms with Gasteiger partial charge in [0.1, 0.15) is 0 Å². The van der Waals surface area contributed by atoms with Crippen LogP contribution in [0.15, 0.2) is 47.6 Å². The molecule has 0 aliphatic carbocycles. The van der Waals surface area contributed by atoms with Crippen molar-refractivity contribution in [2.24, 2.45) is 0 Å². The van der Waals surface area contributed by atoms with Gasteiger partial charge in [-0.15, -0.1) is 0 Å². The third kappa shape index (κ3) is 4.25. The molecule has 0 spiro atoms. The Kier molecular flexibility index (Phi) is 5.43. The normalized spacial score (nSPS) is 16.9. The Morgan fingerprint density at radius 3 is 2.44 bits per heavy atom. The van der Waals surface area contributed by atoms with Crippen LogP contribution >= 0.6 is 0 Å². The number of nitrogens with zero attached hydrogens (tertiary/aromatic N) is 4. The molecule has 1 aromatic heterocycles. The number of pyridine rings is 1. The Labute approximate surface area is 158 Å². The third-order valence-corrected chi connectivity index (χ3v) is 6.05. The number of aromatic nitrogens is 1. The van der Waals surface area contributed by atoms with E-state index in [2.05, 4.69) is 16.8 Å². The molecule has 1 fully saturated rings. The standard InChI is InChI=1S/C18H22N4O4S/c1-14(15-4-3-7-19-13-15)20-8-10-21(11-9-20)17-6-5-16(22(23)24)12-18(17)27(2,25)26/h3-7,12-14H,8-11H2,1-2H3. The average Bonchev–Trinajstić information content (AvgIpc) is 2.67. The molecule has 1 aliphatic heterocycles. The maximum Gasteiger partial charge on any atom is 0.270 e. The summed E-state index contributed by atoms with van der Waals surface area (Å²) in [4.78, 5) is 18.9. The van der Waals surface area contributed by atoms with E-state index >= 15 is 0 Å². The van der Waals surface area contributed by atoms with Gasteiger partial charge in [0.05, 0.1) is 15.5 Å². The van der Waals surface area contributed by atoms with Gasteiger partial charge in [-0.2, -0.15) is 0 Å². The fraction of sp³-hybridized carbons (Fsp3) is 0.389. The highest BCUT2D eigenvalue weighted by Crippen LogP contribution is 2.31. The third-order valence-electron chi connectivity index (χ3n) is 4.92. The van der Waals surface area contributed by atoms with E-state index < -0.39 is 14.8 Å². The summed E-state index contributed by atoms with van der Waals surface area (Å²) in [6, 6.07) is 8.21. The summed E-state index contributed by atoms with van der Waals surface area (Å²) in [5.74, 6) is 0. The summed E-state index contributed by atoms with van der Waals surface area (Å²) in [6.45, 7) is 4.93. The van der Waals surface area contributed by atoms with Crippen LogP contribution in [-0.2, 0) is 9.84 Å². The molecule has 9 heteroatoms. The van der Waals surface area contributed by atoms with Crippen LogP contribution in [0.1, 0.15) is 18.5 Å². The molecule has 3 rings (SSSR count). The fourth-order valence-corrected chi connectivity index (χ4v) is 4.27. The Bertz CT molecular complexity index is 926. The zero-order chi connectivity index (χ0) is 19.6. The van der Waals surface area contributed by atoms with Gasteiger partial charge >= 0.3 is 0 Å². The molecule has 1 saturated heterocycles. The minimum absolute atomic E-state index is 0.00505. The molecular formula is C18H22N4O4S. The summed E-state index contributed by atoms with van der Waals surface area (Å²) < 4.78 is 24.3. The number of sulfone groups is 1. The lowest BCUT2D eigenvalue weighted by molar-refractivity contribution is -0.385. The van der Waals surface area contributed by atoms with Crippen LogP contribution in [0.3, 0.4) is 0 Å². The zero-order valence-corrected chi connectivity index (χ0v) is 16.1. The van der Waals surface area contributed by atoms with Crippen LogP contribution in [0.2, 0.25) is 0 Å². The zero-order valence-electron chi connectivity index (χ0n) is 15.3. The van der Waals surface area contributed by atoms with Gasteiger partial charge in [0.25, 0.3) is 5.69 Å². The molecule has 0 radical (unpaired) electrons. The number of hydrogen-bond donors (Lipinski definition) is 0. The largest absolute Gasteiger partial charge is 0.368 e. The van der Waals surface area contributed by atoms with Crippen molar-refractivity contribution in [1.82, 2.24) is 9.88 Å². The van der Waals surface area contributed by atoms with E-state index in [0.717, 1.165) is 31.0 Å². The Balaban J connectivity index is 1.79. The lowest BCUT2D eigenvalue weighted by atomic mass is 10.1. The van der Waals surface area contributed by atoms with E-state index in [9.17, 15) is 18.5 Å². The van der Waals surface area contributed by atoms with Crippen LogP contribution in [-0.4, -0.2) is 55.7 Å². The van der Waals surface area contributed by atoms with E-state index in [-0.39, 0.29) is 16.6 Å². The van der Waals surface area contributed by atoms with Crippen molar-refractivity contribution in [3.63, 3.8) is 0 Å². The first-order valence-electron chi connectivity index (χ1n) is 8.65. The molecule has 27 heavy (non-hydrogen) atoms. The number of nitro groups is 1. The second-order valence-corrected chi connectivity index (χ2v) is 8.65. The number of piperazine rings is 1. The van der Waals surface area contributed by atoms with Crippen molar-refractivity contribution in [2.75, 3.05) is 37.3 Å². The van der Waals surface area contributed by atoms with E-state index in [1.54, 1.807) is 6.20 Å². The fourth-order valence-electron chi connectivity index (χ4n) is 3.36. The van der Waals surface area contributed by atoms with Gasteiger partial charge in [0.2, 0.25) is 0 Å². The van der Waals surface area contributed by atoms with Crippen molar-refractivity contribution in [2.45, 2.75) is 17.9 Å². The molecule has 2 heterocycles. The summed E-state index contributed by atoms with van der Waals surface area (Å²) in [6.07, 6.45) is 4.68. The van der Waals surface area contributed by atoms with E-state index in [0.29, 0.717) is 18.8 Å². The monoisotopic (exact) mass is 390 g/mol. The van der Waals surface area contributed by atoms with Gasteiger partial charge in [0.15, 0.2) is 9.84 Å². The molecule has 1 unspecified atom stereocenters. The molecule has 8 nitrogen and oxygen atoms in total. The predicted octanol–water partition coefficient (Wildman–Crippen LogP) is 2.28. The first-order chi connectivity index (χ1) is 12.8. The van der Waals surface area contributed by atoms with Gasteiger partial charge in [-0.3, -0.25) is 20.0 Å². The van der Waals surface area contributed by atoms with Crippen molar-refractivity contribution in [3.05, 3.63) is 58.4 Å². The van der Waals surface area contributed by atoms with E-state index in [4.69, 9.17) is 0 Å². The van der Waals surface area contributed by atoms with Crippen molar-refractivity contribution in [1.29, 1.82) is 0 Å². The number of non-ortho nitro benzene ring substituents is 1. The quantitative estimate of drug-likeness (QED) is 0.571. The number of hydrogen-bond acceptors (Lipinski definition) is 7. The van der Waals surface area contributed by atoms with E-state index in [1.807, 2.05) is 23.2 Å². The minimum Gasteiger partial charge on any atom is -0.368 e.